The van der Waals surface area contributed by atoms with Gasteiger partial charge in [0.05, 0.1) is 6.10 Å². The summed E-state index contributed by atoms with van der Waals surface area (Å²) in [5.74, 6) is 0.457. The van der Waals surface area contributed by atoms with Crippen LogP contribution in [0.3, 0.4) is 0 Å². The lowest BCUT2D eigenvalue weighted by molar-refractivity contribution is 0.201. The van der Waals surface area contributed by atoms with Crippen molar-refractivity contribution in [1.29, 1.82) is 5.26 Å². The first-order valence-corrected chi connectivity index (χ1v) is 5.21. The molecule has 0 fully saturated rings. The lowest BCUT2D eigenvalue weighted by Gasteiger charge is -2.14. The molecule has 0 bridgehead atoms. The summed E-state index contributed by atoms with van der Waals surface area (Å²) in [6, 6.07) is 3.94. The summed E-state index contributed by atoms with van der Waals surface area (Å²) in [4.78, 5) is 4.09. The number of pyridine rings is 1. The minimum Gasteiger partial charge on any atom is -0.474 e. The van der Waals surface area contributed by atoms with Crippen LogP contribution in [0.15, 0.2) is 12.3 Å². The predicted molar refractivity (Wildman–Crippen MR) is 58.7 cm³/mol. The van der Waals surface area contributed by atoms with Crippen LogP contribution >= 0.6 is 0 Å². The standard InChI is InChI=1S/C12H16N2O/c1-4-5-10(3)15-12-11(8-13)9(2)6-7-14-12/h6-7,10H,4-5H2,1-3H3. The zero-order chi connectivity index (χ0) is 11.3. The number of aromatic nitrogens is 1. The molecule has 1 rings (SSSR count). The Morgan fingerprint density at radius 3 is 2.93 bits per heavy atom. The molecule has 1 aromatic rings. The highest BCUT2D eigenvalue weighted by atomic mass is 16.5. The number of nitriles is 1. The van der Waals surface area contributed by atoms with Gasteiger partial charge in [-0.2, -0.15) is 5.26 Å². The normalized spacial score (nSPS) is 11.9. The van der Waals surface area contributed by atoms with E-state index in [9.17, 15) is 0 Å². The first-order chi connectivity index (χ1) is 7.19. The summed E-state index contributed by atoms with van der Waals surface area (Å²) in [5, 5.41) is 8.97. The molecule has 80 valence electrons. The molecule has 15 heavy (non-hydrogen) atoms. The maximum Gasteiger partial charge on any atom is 0.232 e. The van der Waals surface area contributed by atoms with Gasteiger partial charge in [0.2, 0.25) is 5.88 Å². The van der Waals surface area contributed by atoms with Crippen LogP contribution in [-0.4, -0.2) is 11.1 Å². The van der Waals surface area contributed by atoms with E-state index in [1.807, 2.05) is 19.9 Å². The van der Waals surface area contributed by atoms with Gasteiger partial charge in [-0.3, -0.25) is 0 Å². The lowest BCUT2D eigenvalue weighted by Crippen LogP contribution is -2.13. The molecule has 1 unspecified atom stereocenters. The second kappa shape index (κ2) is 5.35. The molecule has 0 aliphatic rings. The van der Waals surface area contributed by atoms with Crippen molar-refractivity contribution < 1.29 is 4.74 Å². The van der Waals surface area contributed by atoms with E-state index in [2.05, 4.69) is 18.0 Å². The van der Waals surface area contributed by atoms with Gasteiger partial charge < -0.3 is 4.74 Å². The number of ether oxygens (including phenoxy) is 1. The Balaban J connectivity index is 2.86. The summed E-state index contributed by atoms with van der Waals surface area (Å²) in [5.41, 5.74) is 1.45. The van der Waals surface area contributed by atoms with E-state index >= 15 is 0 Å². The van der Waals surface area contributed by atoms with E-state index in [4.69, 9.17) is 10.00 Å². The second-order valence-corrected chi connectivity index (χ2v) is 3.64. The fourth-order valence-corrected chi connectivity index (χ4v) is 1.41. The van der Waals surface area contributed by atoms with Crippen LogP contribution in [0, 0.1) is 18.3 Å². The molecule has 0 amide bonds. The van der Waals surface area contributed by atoms with E-state index in [1.165, 1.54) is 0 Å². The van der Waals surface area contributed by atoms with E-state index in [0.717, 1.165) is 18.4 Å². The van der Waals surface area contributed by atoms with Crippen molar-refractivity contribution in [3.63, 3.8) is 0 Å². The van der Waals surface area contributed by atoms with Crippen LogP contribution in [-0.2, 0) is 0 Å². The molecule has 1 heterocycles. The third-order valence-electron chi connectivity index (χ3n) is 2.24. The van der Waals surface area contributed by atoms with E-state index in [0.29, 0.717) is 11.4 Å². The first kappa shape index (κ1) is 11.5. The molecule has 1 aromatic heterocycles. The zero-order valence-electron chi connectivity index (χ0n) is 9.45. The highest BCUT2D eigenvalue weighted by molar-refractivity contribution is 5.43. The Kier molecular flexibility index (Phi) is 4.11. The topological polar surface area (TPSA) is 45.9 Å². The molecule has 0 radical (unpaired) electrons. The van der Waals surface area contributed by atoms with Crippen LogP contribution in [0.4, 0.5) is 0 Å². The Morgan fingerprint density at radius 2 is 2.33 bits per heavy atom. The third-order valence-corrected chi connectivity index (χ3v) is 2.24. The van der Waals surface area contributed by atoms with Gasteiger partial charge in [-0.15, -0.1) is 0 Å². The minimum absolute atomic E-state index is 0.108. The Labute approximate surface area is 90.7 Å². The van der Waals surface area contributed by atoms with E-state index < -0.39 is 0 Å². The molecule has 0 saturated heterocycles. The SMILES string of the molecule is CCCC(C)Oc1nccc(C)c1C#N. The number of nitrogens with zero attached hydrogens (tertiary/aromatic N) is 2. The number of hydrogen-bond donors (Lipinski definition) is 0. The maximum atomic E-state index is 8.97. The first-order valence-electron chi connectivity index (χ1n) is 5.21. The molecule has 1 atom stereocenters. The molecule has 0 aliphatic carbocycles. The number of aryl methyl sites for hydroxylation is 1. The lowest BCUT2D eigenvalue weighted by atomic mass is 10.1. The van der Waals surface area contributed by atoms with Crippen LogP contribution in [0.25, 0.3) is 0 Å². The summed E-state index contributed by atoms with van der Waals surface area (Å²) >= 11 is 0. The Hall–Kier alpha value is -1.56. The molecular weight excluding hydrogens is 188 g/mol. The predicted octanol–water partition coefficient (Wildman–Crippen LogP) is 2.83. The van der Waals surface area contributed by atoms with Gasteiger partial charge in [-0.1, -0.05) is 13.3 Å². The third kappa shape index (κ3) is 2.95. The molecule has 0 N–H and O–H groups in total. The van der Waals surface area contributed by atoms with Crippen molar-refractivity contribution in [2.24, 2.45) is 0 Å². The molecule has 0 saturated carbocycles. The highest BCUT2D eigenvalue weighted by Gasteiger charge is 2.10. The highest BCUT2D eigenvalue weighted by Crippen LogP contribution is 2.19. The van der Waals surface area contributed by atoms with Crippen LogP contribution in [0.1, 0.15) is 37.8 Å². The molecule has 0 aliphatic heterocycles. The van der Waals surface area contributed by atoms with E-state index in [-0.39, 0.29) is 6.10 Å². The van der Waals surface area contributed by atoms with Crippen LogP contribution in [0.2, 0.25) is 0 Å². The van der Waals surface area contributed by atoms with Crippen molar-refractivity contribution in [1.82, 2.24) is 4.98 Å². The molecule has 0 spiro atoms. The fraction of sp³-hybridized carbons (Fsp3) is 0.500. The molecular formula is C12H16N2O. The Morgan fingerprint density at radius 1 is 1.60 bits per heavy atom. The van der Waals surface area contributed by atoms with Crippen molar-refractivity contribution in [3.8, 4) is 11.9 Å². The van der Waals surface area contributed by atoms with Gasteiger partial charge in [-0.25, -0.2) is 4.98 Å². The average molecular weight is 204 g/mol. The second-order valence-electron chi connectivity index (χ2n) is 3.64. The van der Waals surface area contributed by atoms with Crippen molar-refractivity contribution in [2.75, 3.05) is 0 Å². The quantitative estimate of drug-likeness (QED) is 0.757. The van der Waals surface area contributed by atoms with Gasteiger partial charge >= 0.3 is 0 Å². The molecule has 3 nitrogen and oxygen atoms in total. The Bertz CT molecular complexity index is 368. The zero-order valence-corrected chi connectivity index (χ0v) is 9.45. The number of rotatable bonds is 4. The molecule has 0 aromatic carbocycles. The minimum atomic E-state index is 0.108. The monoisotopic (exact) mass is 204 g/mol. The van der Waals surface area contributed by atoms with Crippen LogP contribution in [0.5, 0.6) is 5.88 Å². The van der Waals surface area contributed by atoms with Gasteiger partial charge in [0.1, 0.15) is 11.6 Å². The van der Waals surface area contributed by atoms with Crippen LogP contribution < -0.4 is 4.74 Å². The average Bonchev–Trinajstić information content (AvgIpc) is 2.18. The van der Waals surface area contributed by atoms with Gasteiger partial charge in [0.15, 0.2) is 0 Å². The fourth-order valence-electron chi connectivity index (χ4n) is 1.41. The summed E-state index contributed by atoms with van der Waals surface area (Å²) in [6.07, 6.45) is 3.82. The molecule has 3 heteroatoms. The van der Waals surface area contributed by atoms with Gasteiger partial charge in [0, 0.05) is 6.20 Å². The maximum absolute atomic E-state index is 8.97. The van der Waals surface area contributed by atoms with Crippen molar-refractivity contribution in [3.05, 3.63) is 23.4 Å². The number of hydrogen-bond acceptors (Lipinski definition) is 3. The smallest absolute Gasteiger partial charge is 0.232 e. The van der Waals surface area contributed by atoms with Gasteiger partial charge in [-0.05, 0) is 31.9 Å². The largest absolute Gasteiger partial charge is 0.474 e. The van der Waals surface area contributed by atoms with Gasteiger partial charge in [0.25, 0.3) is 0 Å². The van der Waals surface area contributed by atoms with Crippen molar-refractivity contribution in [2.45, 2.75) is 39.7 Å². The van der Waals surface area contributed by atoms with E-state index in [1.54, 1.807) is 6.20 Å². The summed E-state index contributed by atoms with van der Waals surface area (Å²) in [7, 11) is 0. The van der Waals surface area contributed by atoms with Crippen molar-refractivity contribution >= 4 is 0 Å². The summed E-state index contributed by atoms with van der Waals surface area (Å²) < 4.78 is 5.62. The summed E-state index contributed by atoms with van der Waals surface area (Å²) in [6.45, 7) is 5.99.